The number of oxime groups is 1. The van der Waals surface area contributed by atoms with Crippen LogP contribution in [0.25, 0.3) is 12.2 Å². The number of aliphatic carboxylic acids is 1. The van der Waals surface area contributed by atoms with Crippen molar-refractivity contribution in [2.75, 3.05) is 7.11 Å². The van der Waals surface area contributed by atoms with E-state index in [0.717, 1.165) is 5.56 Å². The van der Waals surface area contributed by atoms with Crippen LogP contribution in [0.5, 0.6) is 0 Å². The minimum Gasteiger partial charge on any atom is -0.476 e. The van der Waals surface area contributed by atoms with Crippen LogP contribution >= 0.6 is 12.6 Å². The van der Waals surface area contributed by atoms with Gasteiger partial charge in [-0.25, -0.2) is 4.79 Å². The molecule has 3 rings (SSSR count). The SMILES string of the molecule is CON=C(C(=O)O)c1ccccc1C(S)c1nnc(/C=C/c2ccccc2)o1. The molecule has 28 heavy (non-hydrogen) atoms. The molecule has 0 bridgehead atoms. The normalized spacial score (nSPS) is 12.9. The van der Waals surface area contributed by atoms with E-state index in [1.807, 2.05) is 36.4 Å². The molecule has 2 aromatic carbocycles. The van der Waals surface area contributed by atoms with Crippen molar-refractivity contribution in [3.8, 4) is 0 Å². The standard InChI is InChI=1S/C20H17N3O4S/c1-26-23-17(20(24)25)14-9-5-6-10-15(14)18(28)19-22-21-16(27-19)12-11-13-7-3-2-4-8-13/h2-12,18,28H,1H3,(H,24,25)/b12-11+,23-17?. The van der Waals surface area contributed by atoms with E-state index in [1.165, 1.54) is 7.11 Å². The van der Waals surface area contributed by atoms with Gasteiger partial charge >= 0.3 is 5.97 Å². The van der Waals surface area contributed by atoms with Gasteiger partial charge in [0.25, 0.3) is 0 Å². The molecule has 1 atom stereocenters. The van der Waals surface area contributed by atoms with Gasteiger partial charge in [0.05, 0.1) is 0 Å². The molecule has 0 fully saturated rings. The number of benzene rings is 2. The van der Waals surface area contributed by atoms with E-state index in [0.29, 0.717) is 17.0 Å². The highest BCUT2D eigenvalue weighted by molar-refractivity contribution is 7.80. The quantitative estimate of drug-likeness (QED) is 0.360. The highest BCUT2D eigenvalue weighted by Gasteiger charge is 2.24. The lowest BCUT2D eigenvalue weighted by molar-refractivity contribution is -0.129. The third kappa shape index (κ3) is 4.47. The molecule has 0 spiro atoms. The number of aromatic nitrogens is 2. The van der Waals surface area contributed by atoms with E-state index in [1.54, 1.807) is 30.3 Å². The summed E-state index contributed by atoms with van der Waals surface area (Å²) < 4.78 is 5.67. The van der Waals surface area contributed by atoms with E-state index in [-0.39, 0.29) is 11.6 Å². The topological polar surface area (TPSA) is 97.8 Å². The summed E-state index contributed by atoms with van der Waals surface area (Å²) in [7, 11) is 1.28. The van der Waals surface area contributed by atoms with Gasteiger partial charge in [-0.3, -0.25) is 0 Å². The zero-order chi connectivity index (χ0) is 19.9. The molecule has 0 aliphatic carbocycles. The maximum Gasteiger partial charge on any atom is 0.358 e. The minimum absolute atomic E-state index is 0.235. The molecule has 0 aliphatic rings. The Labute approximate surface area is 166 Å². The molecule has 1 N–H and O–H groups in total. The summed E-state index contributed by atoms with van der Waals surface area (Å²) in [4.78, 5) is 16.2. The molecule has 0 saturated heterocycles. The van der Waals surface area contributed by atoms with Gasteiger partial charge in [-0.1, -0.05) is 59.8 Å². The van der Waals surface area contributed by atoms with E-state index in [9.17, 15) is 9.90 Å². The van der Waals surface area contributed by atoms with Crippen molar-refractivity contribution in [3.05, 3.63) is 83.1 Å². The fourth-order valence-corrected chi connectivity index (χ4v) is 2.86. The Balaban J connectivity index is 1.89. The number of rotatable bonds is 7. The van der Waals surface area contributed by atoms with Crippen molar-refractivity contribution < 1.29 is 19.2 Å². The summed E-state index contributed by atoms with van der Waals surface area (Å²) in [5, 5.41) is 20.4. The van der Waals surface area contributed by atoms with Gasteiger partial charge in [0.1, 0.15) is 12.4 Å². The Morgan fingerprint density at radius 1 is 1.14 bits per heavy atom. The van der Waals surface area contributed by atoms with Gasteiger partial charge in [-0.2, -0.15) is 12.6 Å². The van der Waals surface area contributed by atoms with Crippen molar-refractivity contribution in [1.82, 2.24) is 10.2 Å². The minimum atomic E-state index is -1.22. The molecule has 142 valence electrons. The lowest BCUT2D eigenvalue weighted by Crippen LogP contribution is -2.17. The third-order valence-corrected chi connectivity index (χ3v) is 4.30. The lowest BCUT2D eigenvalue weighted by atomic mass is 10.00. The van der Waals surface area contributed by atoms with Crippen LogP contribution in [0.1, 0.15) is 33.7 Å². The number of hydrogen-bond donors (Lipinski definition) is 2. The van der Waals surface area contributed by atoms with Crippen LogP contribution in [0.3, 0.4) is 0 Å². The molecule has 0 saturated carbocycles. The van der Waals surface area contributed by atoms with Crippen molar-refractivity contribution in [2.45, 2.75) is 5.25 Å². The predicted molar refractivity (Wildman–Crippen MR) is 108 cm³/mol. The van der Waals surface area contributed by atoms with Crippen molar-refractivity contribution in [2.24, 2.45) is 5.16 Å². The maximum atomic E-state index is 11.5. The molecule has 0 aliphatic heterocycles. The van der Waals surface area contributed by atoms with E-state index < -0.39 is 11.2 Å². The summed E-state index contributed by atoms with van der Waals surface area (Å²) in [5.74, 6) is -0.656. The predicted octanol–water partition coefficient (Wildman–Crippen LogP) is 3.69. The van der Waals surface area contributed by atoms with Gasteiger partial charge in [0.2, 0.25) is 11.8 Å². The fraction of sp³-hybridized carbons (Fsp3) is 0.100. The van der Waals surface area contributed by atoms with Crippen molar-refractivity contribution in [3.63, 3.8) is 0 Å². The Morgan fingerprint density at radius 3 is 2.57 bits per heavy atom. The molecule has 0 amide bonds. The van der Waals surface area contributed by atoms with Crippen LogP contribution < -0.4 is 0 Å². The molecular formula is C20H17N3O4S. The second-order valence-corrected chi connectivity index (χ2v) is 6.16. The zero-order valence-electron chi connectivity index (χ0n) is 14.9. The van der Waals surface area contributed by atoms with Crippen molar-refractivity contribution >= 4 is 36.5 Å². The fourth-order valence-electron chi connectivity index (χ4n) is 2.53. The first kappa shape index (κ1) is 19.4. The third-order valence-electron chi connectivity index (χ3n) is 3.80. The number of carbonyl (C=O) groups is 1. The van der Waals surface area contributed by atoms with Crippen LogP contribution in [0, 0.1) is 0 Å². The highest BCUT2D eigenvalue weighted by Crippen LogP contribution is 2.30. The number of hydrogen-bond acceptors (Lipinski definition) is 7. The molecular weight excluding hydrogens is 378 g/mol. The smallest absolute Gasteiger partial charge is 0.358 e. The second-order valence-electron chi connectivity index (χ2n) is 5.64. The number of carboxylic acid groups (broad SMARTS) is 1. The van der Waals surface area contributed by atoms with E-state index in [2.05, 4.69) is 32.8 Å². The summed E-state index contributed by atoms with van der Waals surface area (Å²) in [6.45, 7) is 0. The number of thiol groups is 1. The van der Waals surface area contributed by atoms with E-state index in [4.69, 9.17) is 4.42 Å². The van der Waals surface area contributed by atoms with Crippen LogP contribution in [-0.4, -0.2) is 34.1 Å². The summed E-state index contributed by atoms with van der Waals surface area (Å²) in [6.07, 6.45) is 3.56. The van der Waals surface area contributed by atoms with Crippen LogP contribution in [0.4, 0.5) is 0 Å². The van der Waals surface area contributed by atoms with Gasteiger partial charge in [0, 0.05) is 11.6 Å². The molecule has 7 nitrogen and oxygen atoms in total. The molecule has 1 unspecified atom stereocenters. The molecule has 1 aromatic heterocycles. The van der Waals surface area contributed by atoms with Gasteiger partial charge in [-0.15, -0.1) is 10.2 Å². The number of carboxylic acids is 1. The monoisotopic (exact) mass is 395 g/mol. The summed E-state index contributed by atoms with van der Waals surface area (Å²) in [6, 6.07) is 16.5. The number of nitrogens with zero attached hydrogens (tertiary/aromatic N) is 3. The molecule has 3 aromatic rings. The molecule has 8 heteroatoms. The van der Waals surface area contributed by atoms with Gasteiger partial charge in [-0.05, 0) is 17.2 Å². The second kappa shape index (κ2) is 9.01. The largest absolute Gasteiger partial charge is 0.476 e. The van der Waals surface area contributed by atoms with E-state index >= 15 is 0 Å². The van der Waals surface area contributed by atoms with Crippen LogP contribution in [0.15, 0.2) is 64.2 Å². The van der Waals surface area contributed by atoms with Crippen LogP contribution in [0.2, 0.25) is 0 Å². The first-order chi connectivity index (χ1) is 13.6. The molecule has 0 radical (unpaired) electrons. The average Bonchev–Trinajstić information content (AvgIpc) is 3.19. The maximum absolute atomic E-state index is 11.5. The van der Waals surface area contributed by atoms with Crippen molar-refractivity contribution in [1.29, 1.82) is 0 Å². The average molecular weight is 395 g/mol. The van der Waals surface area contributed by atoms with Gasteiger partial charge in [0.15, 0.2) is 5.71 Å². The molecule has 1 heterocycles. The first-order valence-corrected chi connectivity index (χ1v) is 8.80. The summed E-state index contributed by atoms with van der Waals surface area (Å²) in [5.41, 5.74) is 1.68. The Kier molecular flexibility index (Phi) is 6.23. The Morgan fingerprint density at radius 2 is 1.86 bits per heavy atom. The Bertz CT molecular complexity index is 1020. The first-order valence-electron chi connectivity index (χ1n) is 8.28. The Hall–Kier alpha value is -3.39. The van der Waals surface area contributed by atoms with Crippen LogP contribution in [-0.2, 0) is 9.63 Å². The lowest BCUT2D eigenvalue weighted by Gasteiger charge is -2.12. The summed E-state index contributed by atoms with van der Waals surface area (Å²) >= 11 is 4.55. The highest BCUT2D eigenvalue weighted by atomic mass is 32.1. The van der Waals surface area contributed by atoms with Gasteiger partial charge < -0.3 is 14.4 Å². The zero-order valence-corrected chi connectivity index (χ0v) is 15.8.